The molecule has 6 nitrogen and oxygen atoms in total. The van der Waals surface area contributed by atoms with Gasteiger partial charge in [-0.1, -0.05) is 23.2 Å². The summed E-state index contributed by atoms with van der Waals surface area (Å²) in [6, 6.07) is 9.93. The Balaban J connectivity index is 1.57. The second kappa shape index (κ2) is 8.20. The highest BCUT2D eigenvalue weighted by atomic mass is 35.5. The van der Waals surface area contributed by atoms with Crippen molar-refractivity contribution < 1.29 is 23.1 Å². The van der Waals surface area contributed by atoms with E-state index in [9.17, 15) is 14.0 Å². The van der Waals surface area contributed by atoms with E-state index in [2.05, 4.69) is 10.3 Å². The number of benzene rings is 1. The van der Waals surface area contributed by atoms with Crippen molar-refractivity contribution in [1.29, 1.82) is 0 Å². The van der Waals surface area contributed by atoms with Crippen LogP contribution in [0.2, 0.25) is 10.0 Å². The molecule has 3 aromatic rings. The standard InChI is InChI=1S/C18H11Cl2FN2O4/c19-11-7-13(20)17(22-8-11)23-16(24)9-26-18(25)15-6-5-14(27-15)10-1-3-12(21)4-2-10/h1-8H,9H2,(H,22,23,24). The number of anilines is 1. The molecule has 0 aliphatic heterocycles. The van der Waals surface area contributed by atoms with Gasteiger partial charge in [0.05, 0.1) is 10.0 Å². The van der Waals surface area contributed by atoms with E-state index in [1.54, 1.807) is 6.07 Å². The zero-order valence-corrected chi connectivity index (χ0v) is 15.1. The van der Waals surface area contributed by atoms with E-state index in [1.165, 1.54) is 42.6 Å². The molecule has 0 aliphatic carbocycles. The number of aromatic nitrogens is 1. The number of nitrogens with one attached hydrogen (secondary N) is 1. The molecule has 27 heavy (non-hydrogen) atoms. The second-order valence-electron chi connectivity index (χ2n) is 5.28. The molecule has 0 radical (unpaired) electrons. The molecule has 0 spiro atoms. The number of pyridine rings is 1. The van der Waals surface area contributed by atoms with Gasteiger partial charge < -0.3 is 14.5 Å². The number of carbonyl (C=O) groups excluding carboxylic acids is 2. The second-order valence-corrected chi connectivity index (χ2v) is 6.12. The molecule has 0 fully saturated rings. The number of furan rings is 1. The van der Waals surface area contributed by atoms with Gasteiger partial charge in [0, 0.05) is 11.8 Å². The molecule has 2 heterocycles. The van der Waals surface area contributed by atoms with Crippen molar-refractivity contribution in [2.24, 2.45) is 0 Å². The van der Waals surface area contributed by atoms with E-state index >= 15 is 0 Å². The van der Waals surface area contributed by atoms with Crippen LogP contribution < -0.4 is 5.32 Å². The molecule has 2 aromatic heterocycles. The topological polar surface area (TPSA) is 81.4 Å². The molecule has 0 unspecified atom stereocenters. The maximum atomic E-state index is 13.0. The Hall–Kier alpha value is -2.90. The number of nitrogens with zero attached hydrogens (tertiary/aromatic N) is 1. The lowest BCUT2D eigenvalue weighted by atomic mass is 10.2. The summed E-state index contributed by atoms with van der Waals surface area (Å²) < 4.78 is 23.2. The van der Waals surface area contributed by atoms with Gasteiger partial charge in [-0.15, -0.1) is 0 Å². The van der Waals surface area contributed by atoms with Crippen LogP contribution in [-0.4, -0.2) is 23.5 Å². The largest absolute Gasteiger partial charge is 0.450 e. The van der Waals surface area contributed by atoms with E-state index in [-0.39, 0.29) is 22.4 Å². The van der Waals surface area contributed by atoms with Crippen molar-refractivity contribution in [3.63, 3.8) is 0 Å². The smallest absolute Gasteiger partial charge is 0.374 e. The maximum absolute atomic E-state index is 13.0. The average Bonchev–Trinajstić information content (AvgIpc) is 3.13. The van der Waals surface area contributed by atoms with Gasteiger partial charge in [-0.05, 0) is 42.5 Å². The number of hydrogen-bond donors (Lipinski definition) is 1. The molecule has 1 N–H and O–H groups in total. The number of rotatable bonds is 5. The first-order valence-corrected chi connectivity index (χ1v) is 8.32. The SMILES string of the molecule is O=C(COC(=O)c1ccc(-c2ccc(F)cc2)o1)Nc1ncc(Cl)cc1Cl. The highest BCUT2D eigenvalue weighted by Gasteiger charge is 2.16. The summed E-state index contributed by atoms with van der Waals surface area (Å²) in [6.07, 6.45) is 1.31. The molecular formula is C18H11Cl2FN2O4. The zero-order valence-electron chi connectivity index (χ0n) is 13.5. The third kappa shape index (κ3) is 4.84. The molecular weight excluding hydrogens is 398 g/mol. The lowest BCUT2D eigenvalue weighted by Crippen LogP contribution is -2.21. The van der Waals surface area contributed by atoms with Crippen molar-refractivity contribution in [1.82, 2.24) is 4.98 Å². The van der Waals surface area contributed by atoms with E-state index in [4.69, 9.17) is 32.4 Å². The summed E-state index contributed by atoms with van der Waals surface area (Å²) in [4.78, 5) is 27.7. The molecule has 0 saturated carbocycles. The lowest BCUT2D eigenvalue weighted by molar-refractivity contribution is -0.119. The fraction of sp³-hybridized carbons (Fsp3) is 0.0556. The van der Waals surface area contributed by atoms with Crippen LogP contribution in [-0.2, 0) is 9.53 Å². The van der Waals surface area contributed by atoms with Crippen LogP contribution in [0.15, 0.2) is 53.1 Å². The fourth-order valence-corrected chi connectivity index (χ4v) is 2.52. The van der Waals surface area contributed by atoms with Crippen molar-refractivity contribution in [2.75, 3.05) is 11.9 Å². The van der Waals surface area contributed by atoms with Gasteiger partial charge in [-0.2, -0.15) is 0 Å². The highest BCUT2D eigenvalue weighted by molar-refractivity contribution is 6.36. The van der Waals surface area contributed by atoms with Crippen LogP contribution in [0.25, 0.3) is 11.3 Å². The van der Waals surface area contributed by atoms with Crippen LogP contribution in [0, 0.1) is 5.82 Å². The van der Waals surface area contributed by atoms with Crippen molar-refractivity contribution in [3.05, 3.63) is 70.3 Å². The fourth-order valence-electron chi connectivity index (χ4n) is 2.09. The Bertz CT molecular complexity index is 989. The van der Waals surface area contributed by atoms with Gasteiger partial charge in [0.25, 0.3) is 5.91 Å². The van der Waals surface area contributed by atoms with Gasteiger partial charge in [0.1, 0.15) is 11.6 Å². The first-order valence-electron chi connectivity index (χ1n) is 7.56. The number of amides is 1. The van der Waals surface area contributed by atoms with Crippen molar-refractivity contribution in [3.8, 4) is 11.3 Å². The normalized spacial score (nSPS) is 10.5. The Labute approximate surface area is 162 Å². The lowest BCUT2D eigenvalue weighted by Gasteiger charge is -2.06. The molecule has 0 bridgehead atoms. The predicted octanol–water partition coefficient (Wildman–Crippen LogP) is 4.58. The van der Waals surface area contributed by atoms with Gasteiger partial charge in [0.15, 0.2) is 12.4 Å². The minimum atomic E-state index is -0.825. The molecule has 138 valence electrons. The summed E-state index contributed by atoms with van der Waals surface area (Å²) in [6.45, 7) is -0.563. The highest BCUT2D eigenvalue weighted by Crippen LogP contribution is 2.24. The number of esters is 1. The number of carbonyl (C=O) groups is 2. The van der Waals surface area contributed by atoms with Crippen LogP contribution in [0.1, 0.15) is 10.6 Å². The van der Waals surface area contributed by atoms with Crippen LogP contribution in [0.4, 0.5) is 10.2 Å². The van der Waals surface area contributed by atoms with Crippen molar-refractivity contribution in [2.45, 2.75) is 0 Å². The van der Waals surface area contributed by atoms with E-state index in [0.717, 1.165) is 0 Å². The summed E-state index contributed by atoms with van der Waals surface area (Å²) >= 11 is 11.6. The molecule has 3 rings (SSSR count). The quantitative estimate of drug-likeness (QED) is 0.624. The summed E-state index contributed by atoms with van der Waals surface area (Å²) in [5, 5.41) is 2.87. The van der Waals surface area contributed by atoms with Gasteiger partial charge in [-0.3, -0.25) is 4.79 Å². The van der Waals surface area contributed by atoms with Crippen LogP contribution in [0.5, 0.6) is 0 Å². The summed E-state index contributed by atoms with van der Waals surface area (Å²) in [5.41, 5.74) is 0.594. The van der Waals surface area contributed by atoms with Gasteiger partial charge >= 0.3 is 5.97 Å². The van der Waals surface area contributed by atoms with Gasteiger partial charge in [-0.25, -0.2) is 14.2 Å². The van der Waals surface area contributed by atoms with E-state index in [1.807, 2.05) is 0 Å². The molecule has 0 saturated heterocycles. The van der Waals surface area contributed by atoms with E-state index < -0.39 is 18.5 Å². The third-order valence-corrected chi connectivity index (χ3v) is 3.83. The number of ether oxygens (including phenoxy) is 1. The summed E-state index contributed by atoms with van der Waals surface area (Å²) in [7, 11) is 0. The monoisotopic (exact) mass is 408 g/mol. The zero-order chi connectivity index (χ0) is 19.4. The molecule has 1 aromatic carbocycles. The Morgan fingerprint density at radius 3 is 2.59 bits per heavy atom. The van der Waals surface area contributed by atoms with Gasteiger partial charge in [0.2, 0.25) is 5.76 Å². The third-order valence-electron chi connectivity index (χ3n) is 3.34. The Morgan fingerprint density at radius 1 is 1.15 bits per heavy atom. The first kappa shape index (κ1) is 18.9. The average molecular weight is 409 g/mol. The Kier molecular flexibility index (Phi) is 5.73. The molecule has 1 amide bonds. The van der Waals surface area contributed by atoms with Crippen LogP contribution in [0.3, 0.4) is 0 Å². The maximum Gasteiger partial charge on any atom is 0.374 e. The predicted molar refractivity (Wildman–Crippen MR) is 97.3 cm³/mol. The summed E-state index contributed by atoms with van der Waals surface area (Å²) in [5.74, 6) is -1.47. The number of halogens is 3. The molecule has 9 heteroatoms. The van der Waals surface area contributed by atoms with Crippen molar-refractivity contribution >= 4 is 40.9 Å². The first-order chi connectivity index (χ1) is 12.9. The Morgan fingerprint density at radius 2 is 1.89 bits per heavy atom. The number of hydrogen-bond acceptors (Lipinski definition) is 5. The minimum Gasteiger partial charge on any atom is -0.450 e. The molecule has 0 atom stereocenters. The minimum absolute atomic E-state index is 0.0928. The van der Waals surface area contributed by atoms with Crippen LogP contribution >= 0.6 is 23.2 Å². The van der Waals surface area contributed by atoms with E-state index in [0.29, 0.717) is 16.3 Å². The molecule has 0 aliphatic rings.